The average Bonchev–Trinajstić information content (AvgIpc) is 3.57. The Hall–Kier alpha value is -3.33. The number of halogens is 2. The monoisotopic (exact) mass is 487 g/mol. The van der Waals surface area contributed by atoms with Crippen LogP contribution in [0, 0.1) is 10.1 Å². The van der Waals surface area contributed by atoms with Crippen molar-refractivity contribution in [2.45, 2.75) is 70.5 Å². The number of rotatable bonds is 6. The van der Waals surface area contributed by atoms with Crippen LogP contribution >= 0.6 is 0 Å². The highest BCUT2D eigenvalue weighted by Crippen LogP contribution is 2.48. The predicted octanol–water partition coefficient (Wildman–Crippen LogP) is 6.80. The molecule has 0 aromatic heterocycles. The van der Waals surface area contributed by atoms with Crippen molar-refractivity contribution in [3.63, 3.8) is 0 Å². The second kappa shape index (κ2) is 8.12. The Morgan fingerprint density at radius 1 is 1.11 bits per heavy atom. The smallest absolute Gasteiger partial charge is 0.312 e. The van der Waals surface area contributed by atoms with Crippen molar-refractivity contribution in [1.82, 2.24) is 0 Å². The van der Waals surface area contributed by atoms with Crippen molar-refractivity contribution in [1.29, 1.82) is 0 Å². The van der Waals surface area contributed by atoms with E-state index in [4.69, 9.17) is 9.47 Å². The third-order valence-electron chi connectivity index (χ3n) is 6.29. The first-order chi connectivity index (χ1) is 16.1. The molecule has 0 radical (unpaired) electrons. The summed E-state index contributed by atoms with van der Waals surface area (Å²) in [6.45, 7) is 7.26. The topological polar surface area (TPSA) is 98.9 Å². The van der Waals surface area contributed by atoms with E-state index in [1.807, 2.05) is 0 Å². The number of hydrogen-bond acceptors (Lipinski definition) is 6. The molecule has 0 atom stereocenters. The largest absolute Gasteiger partial charge is 0.508 e. The lowest BCUT2D eigenvalue weighted by atomic mass is 9.81. The number of ketones is 1. The van der Waals surface area contributed by atoms with E-state index in [0.717, 1.165) is 36.6 Å². The van der Waals surface area contributed by atoms with Crippen LogP contribution in [-0.4, -0.2) is 27.0 Å². The van der Waals surface area contributed by atoms with Gasteiger partial charge in [0, 0.05) is 18.6 Å². The van der Waals surface area contributed by atoms with Crippen LogP contribution in [0.5, 0.6) is 11.5 Å². The minimum absolute atomic E-state index is 0.120. The lowest BCUT2D eigenvalue weighted by molar-refractivity contribution is -0.385. The standard InChI is InChI=1S/C26H27F2NO6/c1-24(2)22(30)21(23(31)25(3,4)35-24)18-13-16(9-10-17(18)14-6-7-14)34-20-11-8-15(26(5,27)28)12-19(20)29(32)33/h8-14,30H,6-7H2,1-5H3. The van der Waals surface area contributed by atoms with Crippen LogP contribution in [0.15, 0.2) is 42.2 Å². The number of aliphatic hydroxyl groups is 1. The van der Waals surface area contributed by atoms with Crippen molar-refractivity contribution in [3.05, 3.63) is 69.0 Å². The molecule has 4 rings (SSSR count). The zero-order chi connectivity index (χ0) is 25.9. The van der Waals surface area contributed by atoms with Gasteiger partial charge >= 0.3 is 5.69 Å². The summed E-state index contributed by atoms with van der Waals surface area (Å²) in [4.78, 5) is 24.1. The van der Waals surface area contributed by atoms with Crippen LogP contribution < -0.4 is 4.74 Å². The molecule has 1 heterocycles. The van der Waals surface area contributed by atoms with Crippen LogP contribution in [0.25, 0.3) is 5.57 Å². The van der Waals surface area contributed by atoms with Gasteiger partial charge in [0.25, 0.3) is 5.92 Å². The molecule has 1 N–H and O–H groups in total. The molecule has 0 spiro atoms. The Labute approximate surface area is 201 Å². The van der Waals surface area contributed by atoms with Gasteiger partial charge in [-0.05, 0) is 81.8 Å². The second-order valence-electron chi connectivity index (χ2n) is 10.1. The number of carbonyl (C=O) groups is 1. The van der Waals surface area contributed by atoms with Gasteiger partial charge in [0.1, 0.15) is 22.7 Å². The molecular formula is C26H27F2NO6. The average molecular weight is 487 g/mol. The number of alkyl halides is 2. The van der Waals surface area contributed by atoms with Crippen molar-refractivity contribution in [2.75, 3.05) is 0 Å². The Morgan fingerprint density at radius 2 is 1.77 bits per heavy atom. The highest BCUT2D eigenvalue weighted by atomic mass is 19.3. The summed E-state index contributed by atoms with van der Waals surface area (Å²) in [7, 11) is 0. The Balaban J connectivity index is 1.83. The fourth-order valence-electron chi connectivity index (χ4n) is 4.40. The zero-order valence-electron chi connectivity index (χ0n) is 20.1. The van der Waals surface area contributed by atoms with Gasteiger partial charge in [-0.2, -0.15) is 0 Å². The first-order valence-corrected chi connectivity index (χ1v) is 11.3. The number of benzene rings is 2. The van der Waals surface area contributed by atoms with Gasteiger partial charge in [0.2, 0.25) is 5.75 Å². The van der Waals surface area contributed by atoms with Crippen LogP contribution in [0.1, 0.15) is 70.1 Å². The maximum absolute atomic E-state index is 13.7. The molecule has 1 saturated carbocycles. The summed E-state index contributed by atoms with van der Waals surface area (Å²) in [6.07, 6.45) is 1.85. The van der Waals surface area contributed by atoms with Crippen molar-refractivity contribution in [2.24, 2.45) is 0 Å². The molecule has 1 aliphatic carbocycles. The molecule has 35 heavy (non-hydrogen) atoms. The van der Waals surface area contributed by atoms with E-state index < -0.39 is 39.1 Å². The first kappa shape index (κ1) is 24.8. The lowest BCUT2D eigenvalue weighted by Crippen LogP contribution is -2.49. The number of nitro benzene ring substituents is 1. The molecule has 1 aliphatic heterocycles. The van der Waals surface area contributed by atoms with E-state index >= 15 is 0 Å². The summed E-state index contributed by atoms with van der Waals surface area (Å²) in [6, 6.07) is 7.93. The van der Waals surface area contributed by atoms with E-state index in [2.05, 4.69) is 0 Å². The van der Waals surface area contributed by atoms with Gasteiger partial charge in [-0.25, -0.2) is 8.78 Å². The highest BCUT2D eigenvalue weighted by molar-refractivity contribution is 6.26. The molecule has 0 unspecified atom stereocenters. The normalized spacial score (nSPS) is 19.6. The fraction of sp³-hybridized carbons (Fsp3) is 0.423. The van der Waals surface area contributed by atoms with Crippen molar-refractivity contribution >= 4 is 17.0 Å². The molecule has 0 amide bonds. The highest BCUT2D eigenvalue weighted by Gasteiger charge is 2.48. The Kier molecular flexibility index (Phi) is 5.75. The van der Waals surface area contributed by atoms with Crippen molar-refractivity contribution < 1.29 is 33.1 Å². The quantitative estimate of drug-likeness (QED) is 0.355. The number of nitrogens with zero attached hydrogens (tertiary/aromatic N) is 1. The third kappa shape index (κ3) is 4.65. The van der Waals surface area contributed by atoms with Gasteiger partial charge in [0.15, 0.2) is 5.78 Å². The van der Waals surface area contributed by atoms with E-state index in [0.29, 0.717) is 12.5 Å². The number of hydrogen-bond donors (Lipinski definition) is 1. The lowest BCUT2D eigenvalue weighted by Gasteiger charge is -2.40. The Morgan fingerprint density at radius 3 is 2.34 bits per heavy atom. The minimum atomic E-state index is -3.25. The van der Waals surface area contributed by atoms with Gasteiger partial charge in [0.05, 0.1) is 10.5 Å². The number of ether oxygens (including phenoxy) is 2. The minimum Gasteiger partial charge on any atom is -0.508 e. The summed E-state index contributed by atoms with van der Waals surface area (Å²) in [5.74, 6) is -3.70. The molecule has 2 aromatic carbocycles. The maximum atomic E-state index is 13.7. The maximum Gasteiger partial charge on any atom is 0.312 e. The van der Waals surface area contributed by atoms with Crippen LogP contribution in [0.3, 0.4) is 0 Å². The summed E-state index contributed by atoms with van der Waals surface area (Å²) < 4.78 is 39.0. The molecule has 2 aromatic rings. The second-order valence-corrected chi connectivity index (χ2v) is 10.1. The number of aliphatic hydroxyl groups excluding tert-OH is 1. The number of Topliss-reactive ketones (excluding diaryl/α,β-unsaturated/α-hetero) is 1. The molecule has 1 fully saturated rings. The summed E-state index contributed by atoms with van der Waals surface area (Å²) in [5, 5.41) is 22.6. The molecule has 7 nitrogen and oxygen atoms in total. The van der Waals surface area contributed by atoms with Crippen LogP contribution in [-0.2, 0) is 15.5 Å². The third-order valence-corrected chi connectivity index (χ3v) is 6.29. The molecule has 0 bridgehead atoms. The van der Waals surface area contributed by atoms with Crippen LogP contribution in [0.2, 0.25) is 0 Å². The van der Waals surface area contributed by atoms with E-state index in [-0.39, 0.29) is 28.7 Å². The molecule has 186 valence electrons. The zero-order valence-corrected chi connectivity index (χ0v) is 20.1. The van der Waals surface area contributed by atoms with Gasteiger partial charge in [-0.1, -0.05) is 6.07 Å². The fourth-order valence-corrected chi connectivity index (χ4v) is 4.40. The predicted molar refractivity (Wildman–Crippen MR) is 125 cm³/mol. The van der Waals surface area contributed by atoms with Crippen LogP contribution in [0.4, 0.5) is 14.5 Å². The summed E-state index contributed by atoms with van der Waals surface area (Å²) >= 11 is 0. The van der Waals surface area contributed by atoms with Crippen molar-refractivity contribution in [3.8, 4) is 11.5 Å². The summed E-state index contributed by atoms with van der Waals surface area (Å²) in [5.41, 5.74) is -1.98. The molecule has 9 heteroatoms. The number of carbonyl (C=O) groups excluding carboxylic acids is 1. The van der Waals surface area contributed by atoms with Gasteiger partial charge in [-0.3, -0.25) is 14.9 Å². The van der Waals surface area contributed by atoms with E-state index in [1.165, 1.54) is 0 Å². The molecular weight excluding hydrogens is 460 g/mol. The van der Waals surface area contributed by atoms with Gasteiger partial charge < -0.3 is 14.6 Å². The first-order valence-electron chi connectivity index (χ1n) is 11.3. The van der Waals surface area contributed by atoms with E-state index in [1.54, 1.807) is 45.9 Å². The van der Waals surface area contributed by atoms with Gasteiger partial charge in [-0.15, -0.1) is 0 Å². The number of nitro groups is 1. The molecule has 0 saturated heterocycles. The molecule has 2 aliphatic rings. The van der Waals surface area contributed by atoms with E-state index in [9.17, 15) is 28.8 Å². The Bertz CT molecular complexity index is 1250. The SMILES string of the molecule is CC1(C)OC(C)(C)C(O)=C(c2cc(Oc3ccc(C(C)(F)F)cc3[N+](=O)[O-])ccc2C2CC2)C1=O.